The predicted molar refractivity (Wildman–Crippen MR) is 106 cm³/mol. The lowest BCUT2D eigenvalue weighted by molar-refractivity contribution is -0.0956. The monoisotopic (exact) mass is 381 g/mol. The van der Waals surface area contributed by atoms with Crippen molar-refractivity contribution in [2.75, 3.05) is 26.3 Å². The summed E-state index contributed by atoms with van der Waals surface area (Å²) in [4.78, 5) is 14.8. The topological polar surface area (TPSA) is 48.0 Å². The predicted octanol–water partition coefficient (Wildman–Crippen LogP) is 3.80. The molecule has 0 bridgehead atoms. The third-order valence-corrected chi connectivity index (χ3v) is 5.43. The molecule has 0 saturated carbocycles. The van der Waals surface area contributed by atoms with Crippen molar-refractivity contribution >= 4 is 5.91 Å². The third kappa shape index (κ3) is 4.54. The molecule has 0 radical (unpaired) electrons. The van der Waals surface area contributed by atoms with Crippen molar-refractivity contribution in [2.24, 2.45) is 5.92 Å². The highest BCUT2D eigenvalue weighted by molar-refractivity contribution is 5.94. The molecule has 5 heteroatoms. The van der Waals surface area contributed by atoms with E-state index >= 15 is 0 Å². The van der Waals surface area contributed by atoms with E-state index in [0.717, 1.165) is 37.2 Å². The standard InChI is InChI=1S/C23H27NO4/c1-17-4-2-5-18(14-17)16-28-21-7-3-6-20(15-21)22(25)24-10-8-19(9-11-24)23-26-12-13-27-23/h2-7,14-15,19,23H,8-13,16H2,1H3. The molecular weight excluding hydrogens is 354 g/mol. The molecule has 28 heavy (non-hydrogen) atoms. The van der Waals surface area contributed by atoms with Crippen LogP contribution >= 0.6 is 0 Å². The van der Waals surface area contributed by atoms with Gasteiger partial charge in [0.05, 0.1) is 13.2 Å². The van der Waals surface area contributed by atoms with Crippen LogP contribution in [-0.2, 0) is 16.1 Å². The van der Waals surface area contributed by atoms with Gasteiger partial charge in [0.25, 0.3) is 5.91 Å². The number of rotatable bonds is 5. The quantitative estimate of drug-likeness (QED) is 0.790. The molecule has 1 amide bonds. The Bertz CT molecular complexity index is 808. The maximum atomic E-state index is 12.9. The van der Waals surface area contributed by atoms with E-state index < -0.39 is 0 Å². The molecule has 148 valence electrons. The van der Waals surface area contributed by atoms with Gasteiger partial charge in [-0.25, -0.2) is 0 Å². The minimum absolute atomic E-state index is 0.0627. The molecule has 2 aliphatic rings. The number of benzene rings is 2. The average Bonchev–Trinajstić information content (AvgIpc) is 3.27. The van der Waals surface area contributed by atoms with Crippen molar-refractivity contribution in [3.8, 4) is 5.75 Å². The number of likely N-dealkylation sites (tertiary alicyclic amines) is 1. The van der Waals surface area contributed by atoms with Crippen LogP contribution in [0.25, 0.3) is 0 Å². The number of hydrogen-bond donors (Lipinski definition) is 0. The van der Waals surface area contributed by atoms with Crippen LogP contribution in [0.15, 0.2) is 48.5 Å². The summed E-state index contributed by atoms with van der Waals surface area (Å²) in [6.45, 7) is 5.39. The lowest BCUT2D eigenvalue weighted by Crippen LogP contribution is -2.41. The zero-order chi connectivity index (χ0) is 19.3. The summed E-state index contributed by atoms with van der Waals surface area (Å²) in [5.74, 6) is 1.17. The van der Waals surface area contributed by atoms with Crippen LogP contribution in [-0.4, -0.2) is 43.4 Å². The van der Waals surface area contributed by atoms with E-state index in [1.165, 1.54) is 5.56 Å². The largest absolute Gasteiger partial charge is 0.489 e. The van der Waals surface area contributed by atoms with E-state index in [2.05, 4.69) is 19.1 Å². The van der Waals surface area contributed by atoms with Crippen molar-refractivity contribution in [3.63, 3.8) is 0 Å². The Hall–Kier alpha value is -2.37. The summed E-state index contributed by atoms with van der Waals surface area (Å²) in [5, 5.41) is 0. The number of ether oxygens (including phenoxy) is 3. The van der Waals surface area contributed by atoms with Crippen molar-refractivity contribution in [3.05, 3.63) is 65.2 Å². The van der Waals surface area contributed by atoms with Crippen molar-refractivity contribution < 1.29 is 19.0 Å². The number of piperidine rings is 1. The molecule has 0 aliphatic carbocycles. The number of nitrogens with zero attached hydrogens (tertiary/aromatic N) is 1. The molecule has 0 unspecified atom stereocenters. The average molecular weight is 381 g/mol. The second-order valence-corrected chi connectivity index (χ2v) is 7.55. The highest BCUT2D eigenvalue weighted by Gasteiger charge is 2.32. The van der Waals surface area contributed by atoms with E-state index in [-0.39, 0.29) is 12.2 Å². The Kier molecular flexibility index (Phi) is 5.93. The van der Waals surface area contributed by atoms with Gasteiger partial charge >= 0.3 is 0 Å². The van der Waals surface area contributed by atoms with Gasteiger partial charge in [0.15, 0.2) is 6.29 Å². The van der Waals surface area contributed by atoms with Gasteiger partial charge in [-0.05, 0) is 43.5 Å². The normalized spacial score (nSPS) is 18.4. The fourth-order valence-electron chi connectivity index (χ4n) is 3.89. The Morgan fingerprint density at radius 3 is 2.57 bits per heavy atom. The highest BCUT2D eigenvalue weighted by Crippen LogP contribution is 2.27. The van der Waals surface area contributed by atoms with E-state index in [4.69, 9.17) is 14.2 Å². The first-order chi connectivity index (χ1) is 13.7. The van der Waals surface area contributed by atoms with Crippen LogP contribution in [0, 0.1) is 12.8 Å². The smallest absolute Gasteiger partial charge is 0.253 e. The fourth-order valence-corrected chi connectivity index (χ4v) is 3.89. The van der Waals surface area contributed by atoms with E-state index in [0.29, 0.717) is 31.3 Å². The Morgan fingerprint density at radius 2 is 1.82 bits per heavy atom. The van der Waals surface area contributed by atoms with Gasteiger partial charge in [-0.3, -0.25) is 4.79 Å². The first-order valence-electron chi connectivity index (χ1n) is 10.00. The molecule has 2 aromatic carbocycles. The molecule has 2 heterocycles. The summed E-state index contributed by atoms with van der Waals surface area (Å²) in [6.07, 6.45) is 1.75. The van der Waals surface area contributed by atoms with Crippen LogP contribution < -0.4 is 4.74 Å². The summed E-state index contributed by atoms with van der Waals surface area (Å²) in [6, 6.07) is 15.7. The maximum absolute atomic E-state index is 12.9. The second kappa shape index (κ2) is 8.76. The molecule has 0 N–H and O–H groups in total. The summed E-state index contributed by atoms with van der Waals surface area (Å²) in [7, 11) is 0. The van der Waals surface area contributed by atoms with Crippen molar-refractivity contribution in [1.29, 1.82) is 0 Å². The van der Waals surface area contributed by atoms with E-state index in [1.807, 2.05) is 41.3 Å². The number of aryl methyl sites for hydroxylation is 1. The third-order valence-electron chi connectivity index (χ3n) is 5.43. The van der Waals surface area contributed by atoms with Crippen molar-refractivity contribution in [1.82, 2.24) is 4.90 Å². The SMILES string of the molecule is Cc1cccc(COc2cccc(C(=O)N3CCC(C4OCCO4)CC3)c2)c1. The fraction of sp³-hybridized carbons (Fsp3) is 0.435. The molecule has 2 fully saturated rings. The molecule has 4 rings (SSSR count). The number of amides is 1. The van der Waals surface area contributed by atoms with Crippen molar-refractivity contribution in [2.45, 2.75) is 32.7 Å². The molecule has 2 aliphatic heterocycles. The lowest BCUT2D eigenvalue weighted by atomic mass is 9.95. The van der Waals surface area contributed by atoms with Gasteiger partial charge in [-0.15, -0.1) is 0 Å². The van der Waals surface area contributed by atoms with E-state index in [9.17, 15) is 4.79 Å². The van der Waals surface area contributed by atoms with Gasteiger partial charge < -0.3 is 19.1 Å². The minimum atomic E-state index is -0.0874. The molecule has 2 saturated heterocycles. The summed E-state index contributed by atoms with van der Waals surface area (Å²) in [5.41, 5.74) is 3.01. The number of carbonyl (C=O) groups excluding carboxylic acids is 1. The maximum Gasteiger partial charge on any atom is 0.253 e. The van der Waals surface area contributed by atoms with Crippen LogP contribution in [0.3, 0.4) is 0 Å². The van der Waals surface area contributed by atoms with Gasteiger partial charge in [-0.1, -0.05) is 35.9 Å². The Balaban J connectivity index is 1.34. The molecular formula is C23H27NO4. The number of hydrogen-bond acceptors (Lipinski definition) is 4. The van der Waals surface area contributed by atoms with Crippen LogP contribution in [0.4, 0.5) is 0 Å². The molecule has 5 nitrogen and oxygen atoms in total. The Morgan fingerprint density at radius 1 is 1.07 bits per heavy atom. The van der Waals surface area contributed by atoms with Crippen LogP contribution in [0.1, 0.15) is 34.3 Å². The van der Waals surface area contributed by atoms with Crippen LogP contribution in [0.2, 0.25) is 0 Å². The molecule has 0 atom stereocenters. The zero-order valence-corrected chi connectivity index (χ0v) is 16.3. The van der Waals surface area contributed by atoms with Gasteiger partial charge in [0.2, 0.25) is 0 Å². The second-order valence-electron chi connectivity index (χ2n) is 7.55. The van der Waals surface area contributed by atoms with E-state index in [1.54, 1.807) is 0 Å². The summed E-state index contributed by atoms with van der Waals surface area (Å²) >= 11 is 0. The molecule has 0 aromatic heterocycles. The lowest BCUT2D eigenvalue weighted by Gasteiger charge is -2.34. The van der Waals surface area contributed by atoms with Gasteiger partial charge in [-0.2, -0.15) is 0 Å². The molecule has 0 spiro atoms. The Labute approximate surface area is 166 Å². The number of carbonyl (C=O) groups is 1. The first-order valence-corrected chi connectivity index (χ1v) is 10.00. The first kappa shape index (κ1) is 19.0. The minimum Gasteiger partial charge on any atom is -0.489 e. The zero-order valence-electron chi connectivity index (χ0n) is 16.3. The summed E-state index contributed by atoms with van der Waals surface area (Å²) < 4.78 is 17.1. The van der Waals surface area contributed by atoms with Gasteiger partial charge in [0.1, 0.15) is 12.4 Å². The van der Waals surface area contributed by atoms with Crippen LogP contribution in [0.5, 0.6) is 5.75 Å². The van der Waals surface area contributed by atoms with Gasteiger partial charge in [0, 0.05) is 24.6 Å². The molecule has 2 aromatic rings. The highest BCUT2D eigenvalue weighted by atomic mass is 16.7.